The Morgan fingerprint density at radius 2 is 1.48 bits per heavy atom. The van der Waals surface area contributed by atoms with Crippen LogP contribution in [0.25, 0.3) is 11.1 Å². The van der Waals surface area contributed by atoms with Crippen LogP contribution in [0.15, 0.2) is 53.4 Å². The van der Waals surface area contributed by atoms with E-state index in [9.17, 15) is 4.79 Å². The van der Waals surface area contributed by atoms with Crippen molar-refractivity contribution < 1.29 is 9.53 Å². The molecule has 0 atom stereocenters. The highest BCUT2D eigenvalue weighted by atomic mass is 32.2. The Bertz CT molecular complexity index is 717. The number of hydrogen-bond donors (Lipinski definition) is 0. The van der Waals surface area contributed by atoms with Crippen LogP contribution in [0, 0.1) is 0 Å². The van der Waals surface area contributed by atoms with Crippen molar-refractivity contribution in [1.82, 2.24) is 4.90 Å². The van der Waals surface area contributed by atoms with Gasteiger partial charge in [0.15, 0.2) is 5.78 Å². The van der Waals surface area contributed by atoms with Crippen molar-refractivity contribution in [3.05, 3.63) is 54.1 Å². The molecule has 4 heteroatoms. The summed E-state index contributed by atoms with van der Waals surface area (Å²) in [7, 11) is 0. The predicted molar refractivity (Wildman–Crippen MR) is 104 cm³/mol. The second-order valence-electron chi connectivity index (χ2n) is 6.79. The lowest BCUT2D eigenvalue weighted by atomic mass is 9.90. The van der Waals surface area contributed by atoms with E-state index in [0.29, 0.717) is 13.2 Å². The van der Waals surface area contributed by atoms with E-state index in [2.05, 4.69) is 35.4 Å². The van der Waals surface area contributed by atoms with E-state index < -0.39 is 5.54 Å². The van der Waals surface area contributed by atoms with E-state index in [0.717, 1.165) is 24.2 Å². The summed E-state index contributed by atoms with van der Waals surface area (Å²) in [6.07, 6.45) is 2.08. The lowest BCUT2D eigenvalue weighted by molar-refractivity contribution is -0.00429. The Morgan fingerprint density at radius 3 is 2.00 bits per heavy atom. The highest BCUT2D eigenvalue weighted by Gasteiger charge is 2.35. The summed E-state index contributed by atoms with van der Waals surface area (Å²) in [6.45, 7) is 7.02. The van der Waals surface area contributed by atoms with E-state index in [1.54, 1.807) is 11.8 Å². The molecule has 2 aromatic carbocycles. The molecule has 1 heterocycles. The number of carbonyl (C=O) groups excluding carboxylic acids is 1. The van der Waals surface area contributed by atoms with Crippen molar-refractivity contribution in [3.8, 4) is 11.1 Å². The fourth-order valence-corrected chi connectivity index (χ4v) is 3.62. The van der Waals surface area contributed by atoms with Gasteiger partial charge in [0, 0.05) is 23.5 Å². The van der Waals surface area contributed by atoms with E-state index in [1.165, 1.54) is 10.5 Å². The summed E-state index contributed by atoms with van der Waals surface area (Å²) < 4.78 is 5.41. The Morgan fingerprint density at radius 1 is 0.960 bits per heavy atom. The second-order valence-corrected chi connectivity index (χ2v) is 7.67. The van der Waals surface area contributed by atoms with Gasteiger partial charge < -0.3 is 4.74 Å². The Kier molecular flexibility index (Phi) is 5.62. The number of Topliss-reactive ketones (excluding diaryl/α,β-unsaturated/α-hetero) is 1. The van der Waals surface area contributed by atoms with Crippen LogP contribution in [-0.2, 0) is 4.74 Å². The molecule has 1 aliphatic heterocycles. The van der Waals surface area contributed by atoms with Crippen molar-refractivity contribution in [2.75, 3.05) is 32.6 Å². The lowest BCUT2D eigenvalue weighted by Crippen LogP contribution is -2.54. The Balaban J connectivity index is 1.77. The van der Waals surface area contributed by atoms with Gasteiger partial charge in [-0.2, -0.15) is 0 Å². The third kappa shape index (κ3) is 3.97. The molecular weight excluding hydrogens is 330 g/mol. The van der Waals surface area contributed by atoms with Crippen LogP contribution in [0.1, 0.15) is 24.2 Å². The number of ketones is 1. The molecule has 0 N–H and O–H groups in total. The van der Waals surface area contributed by atoms with Crippen molar-refractivity contribution >= 4 is 17.5 Å². The summed E-state index contributed by atoms with van der Waals surface area (Å²) in [6, 6.07) is 16.5. The average Bonchev–Trinajstić information content (AvgIpc) is 2.68. The normalized spacial score (nSPS) is 16.0. The minimum Gasteiger partial charge on any atom is -0.379 e. The largest absolute Gasteiger partial charge is 0.379 e. The van der Waals surface area contributed by atoms with Gasteiger partial charge in [0.1, 0.15) is 0 Å². The third-order valence-electron chi connectivity index (χ3n) is 4.93. The summed E-state index contributed by atoms with van der Waals surface area (Å²) >= 11 is 1.74. The zero-order valence-electron chi connectivity index (χ0n) is 15.1. The average molecular weight is 356 g/mol. The van der Waals surface area contributed by atoms with Gasteiger partial charge in [0.2, 0.25) is 0 Å². The van der Waals surface area contributed by atoms with Gasteiger partial charge in [0.25, 0.3) is 0 Å². The first-order valence-electron chi connectivity index (χ1n) is 8.64. The van der Waals surface area contributed by atoms with Crippen molar-refractivity contribution in [1.29, 1.82) is 0 Å². The van der Waals surface area contributed by atoms with Gasteiger partial charge in [-0.3, -0.25) is 9.69 Å². The zero-order chi connectivity index (χ0) is 17.9. The molecule has 25 heavy (non-hydrogen) atoms. The van der Waals surface area contributed by atoms with E-state index in [4.69, 9.17) is 4.74 Å². The first kappa shape index (κ1) is 18.2. The van der Waals surface area contributed by atoms with Gasteiger partial charge in [-0.1, -0.05) is 36.4 Å². The minimum atomic E-state index is -0.509. The number of ether oxygens (including phenoxy) is 1. The van der Waals surface area contributed by atoms with E-state index in [-0.39, 0.29) is 5.78 Å². The molecule has 0 spiro atoms. The fraction of sp³-hybridized carbons (Fsp3) is 0.381. The second kappa shape index (κ2) is 7.73. The molecule has 132 valence electrons. The first-order valence-corrected chi connectivity index (χ1v) is 9.87. The predicted octanol–water partition coefficient (Wildman–Crippen LogP) is 4.37. The monoisotopic (exact) mass is 355 g/mol. The number of thioether (sulfide) groups is 1. The van der Waals surface area contributed by atoms with Gasteiger partial charge in [-0.05, 0) is 43.4 Å². The maximum absolute atomic E-state index is 13.0. The quantitative estimate of drug-likeness (QED) is 0.588. The van der Waals surface area contributed by atoms with Crippen molar-refractivity contribution in [2.24, 2.45) is 0 Å². The Hall–Kier alpha value is -1.62. The number of carbonyl (C=O) groups is 1. The molecule has 0 radical (unpaired) electrons. The van der Waals surface area contributed by atoms with E-state index in [1.807, 2.05) is 38.1 Å². The number of rotatable bonds is 5. The van der Waals surface area contributed by atoms with Gasteiger partial charge in [0.05, 0.1) is 18.8 Å². The molecule has 1 fully saturated rings. The third-order valence-corrected chi connectivity index (χ3v) is 5.67. The SMILES string of the molecule is CSc1ccc(-c2ccc(C(=O)C(C)(C)N3CCOCC3)cc2)cc1. The number of nitrogens with zero attached hydrogens (tertiary/aromatic N) is 1. The molecule has 0 bridgehead atoms. The van der Waals surface area contributed by atoms with Gasteiger partial charge in [-0.25, -0.2) is 0 Å². The number of morpholine rings is 1. The van der Waals surface area contributed by atoms with Crippen LogP contribution in [0.2, 0.25) is 0 Å². The standard InChI is InChI=1S/C21H25NO2S/c1-21(2,22-12-14-24-15-13-22)20(23)18-6-4-16(5-7-18)17-8-10-19(25-3)11-9-17/h4-11H,12-15H2,1-3H3. The Labute approximate surface area is 154 Å². The zero-order valence-corrected chi connectivity index (χ0v) is 15.9. The van der Waals surface area contributed by atoms with E-state index >= 15 is 0 Å². The topological polar surface area (TPSA) is 29.5 Å². The minimum absolute atomic E-state index is 0.165. The number of benzene rings is 2. The summed E-state index contributed by atoms with van der Waals surface area (Å²) in [5, 5.41) is 0. The van der Waals surface area contributed by atoms with Crippen molar-refractivity contribution in [3.63, 3.8) is 0 Å². The molecule has 2 aromatic rings. The lowest BCUT2D eigenvalue weighted by Gasteiger charge is -2.39. The summed E-state index contributed by atoms with van der Waals surface area (Å²) in [4.78, 5) is 16.5. The summed E-state index contributed by atoms with van der Waals surface area (Å²) in [5.74, 6) is 0.165. The number of hydrogen-bond acceptors (Lipinski definition) is 4. The van der Waals surface area contributed by atoms with Crippen LogP contribution < -0.4 is 0 Å². The molecular formula is C21H25NO2S. The molecule has 0 saturated carbocycles. The highest BCUT2D eigenvalue weighted by molar-refractivity contribution is 7.98. The molecule has 0 amide bonds. The molecule has 1 aliphatic rings. The molecule has 3 nitrogen and oxygen atoms in total. The molecule has 0 aromatic heterocycles. The van der Waals surface area contributed by atoms with Crippen LogP contribution in [-0.4, -0.2) is 48.8 Å². The first-order chi connectivity index (χ1) is 12.0. The maximum atomic E-state index is 13.0. The van der Waals surface area contributed by atoms with Crippen LogP contribution in [0.3, 0.4) is 0 Å². The molecule has 3 rings (SSSR count). The van der Waals surface area contributed by atoms with Gasteiger partial charge in [-0.15, -0.1) is 11.8 Å². The van der Waals surface area contributed by atoms with Crippen LogP contribution in [0.5, 0.6) is 0 Å². The highest BCUT2D eigenvalue weighted by Crippen LogP contribution is 2.26. The fourth-order valence-electron chi connectivity index (χ4n) is 3.22. The van der Waals surface area contributed by atoms with Gasteiger partial charge >= 0.3 is 0 Å². The van der Waals surface area contributed by atoms with Crippen LogP contribution in [0.4, 0.5) is 0 Å². The smallest absolute Gasteiger partial charge is 0.182 e. The molecule has 0 aliphatic carbocycles. The molecule has 1 saturated heterocycles. The maximum Gasteiger partial charge on any atom is 0.182 e. The van der Waals surface area contributed by atoms with Crippen LogP contribution >= 0.6 is 11.8 Å². The van der Waals surface area contributed by atoms with Crippen molar-refractivity contribution in [2.45, 2.75) is 24.3 Å². The summed E-state index contributed by atoms with van der Waals surface area (Å²) in [5.41, 5.74) is 2.56. The molecule has 0 unspecified atom stereocenters.